The molecular weight excluding hydrogens is 300 g/mol. The van der Waals surface area contributed by atoms with Crippen molar-refractivity contribution in [3.63, 3.8) is 0 Å². The van der Waals surface area contributed by atoms with E-state index in [1.807, 2.05) is 13.0 Å². The number of ketones is 1. The van der Waals surface area contributed by atoms with Crippen molar-refractivity contribution in [2.45, 2.75) is 18.7 Å². The number of hydrogen-bond acceptors (Lipinski definition) is 5. The number of para-hydroxylation sites is 1. The quantitative estimate of drug-likeness (QED) is 0.534. The summed E-state index contributed by atoms with van der Waals surface area (Å²) in [6.07, 6.45) is 0. The molecule has 0 aliphatic rings. The third-order valence-electron chi connectivity index (χ3n) is 2.95. The number of nitrogens with zero attached hydrogens (tertiary/aromatic N) is 1. The summed E-state index contributed by atoms with van der Waals surface area (Å²) in [6, 6.07) is 15.1. The van der Waals surface area contributed by atoms with Crippen molar-refractivity contribution in [3.05, 3.63) is 60.2 Å². The zero-order valence-corrected chi connectivity index (χ0v) is 13.1. The second kappa shape index (κ2) is 6.53. The van der Waals surface area contributed by atoms with Crippen LogP contribution in [0.4, 0.5) is 5.69 Å². The molecule has 0 aliphatic carbocycles. The van der Waals surface area contributed by atoms with E-state index in [2.05, 4.69) is 10.5 Å². The van der Waals surface area contributed by atoms with E-state index < -0.39 is 20.7 Å². The summed E-state index contributed by atoms with van der Waals surface area (Å²) in [5.41, 5.74) is 4.13. The van der Waals surface area contributed by atoms with Crippen LogP contribution in [-0.4, -0.2) is 19.2 Å². The van der Waals surface area contributed by atoms with Crippen LogP contribution in [0, 0.1) is 6.92 Å². The van der Waals surface area contributed by atoms with Gasteiger partial charge < -0.3 is 0 Å². The van der Waals surface area contributed by atoms with Gasteiger partial charge in [-0.3, -0.25) is 10.2 Å². The zero-order chi connectivity index (χ0) is 16.2. The minimum absolute atomic E-state index is 0.0434. The van der Waals surface area contributed by atoms with Crippen LogP contribution in [0.5, 0.6) is 0 Å². The Morgan fingerprint density at radius 1 is 1.00 bits per heavy atom. The van der Waals surface area contributed by atoms with E-state index in [9.17, 15) is 13.2 Å². The number of benzene rings is 2. The molecule has 0 fully saturated rings. The van der Waals surface area contributed by atoms with Crippen LogP contribution >= 0.6 is 0 Å². The van der Waals surface area contributed by atoms with Gasteiger partial charge in [0.25, 0.3) is 0 Å². The molecule has 0 amide bonds. The van der Waals surface area contributed by atoms with Gasteiger partial charge in [-0.1, -0.05) is 35.9 Å². The van der Waals surface area contributed by atoms with E-state index in [4.69, 9.17) is 0 Å². The highest BCUT2D eigenvalue weighted by molar-refractivity contribution is 8.08. The van der Waals surface area contributed by atoms with Crippen LogP contribution in [0.15, 0.2) is 64.6 Å². The molecule has 5 nitrogen and oxygen atoms in total. The van der Waals surface area contributed by atoms with E-state index in [0.29, 0.717) is 5.69 Å². The van der Waals surface area contributed by atoms with Crippen molar-refractivity contribution in [2.75, 3.05) is 5.43 Å². The Balaban J connectivity index is 2.38. The van der Waals surface area contributed by atoms with Gasteiger partial charge in [-0.15, -0.1) is 0 Å². The molecule has 0 radical (unpaired) electrons. The summed E-state index contributed by atoms with van der Waals surface area (Å²) in [7, 11) is -3.95. The number of sulfone groups is 1. The number of carbonyl (C=O) groups excluding carboxylic acids is 1. The van der Waals surface area contributed by atoms with Gasteiger partial charge in [0.2, 0.25) is 14.9 Å². The Hall–Kier alpha value is -2.47. The maximum absolute atomic E-state index is 12.5. The zero-order valence-electron chi connectivity index (χ0n) is 12.3. The van der Waals surface area contributed by atoms with Crippen molar-refractivity contribution in [2.24, 2.45) is 5.10 Å². The molecule has 0 atom stereocenters. The lowest BCUT2D eigenvalue weighted by Crippen LogP contribution is -2.24. The Morgan fingerprint density at radius 3 is 2.14 bits per heavy atom. The van der Waals surface area contributed by atoms with Crippen molar-refractivity contribution in [3.8, 4) is 0 Å². The molecule has 2 aromatic carbocycles. The van der Waals surface area contributed by atoms with Crippen LogP contribution < -0.4 is 5.43 Å². The SMILES string of the molecule is CC(=O)/C(=N/Nc1ccccc1)S(=O)(=O)c1ccc(C)cc1. The number of rotatable bonds is 4. The fraction of sp³-hybridized carbons (Fsp3) is 0.125. The number of carbonyl (C=O) groups is 1. The summed E-state index contributed by atoms with van der Waals surface area (Å²) in [5.74, 6) is -0.621. The molecule has 2 aromatic rings. The van der Waals surface area contributed by atoms with Crippen molar-refractivity contribution < 1.29 is 13.2 Å². The Labute approximate surface area is 129 Å². The normalized spacial score (nSPS) is 12.0. The first kappa shape index (κ1) is 15.9. The van der Waals surface area contributed by atoms with Gasteiger partial charge in [-0.25, -0.2) is 8.42 Å². The minimum Gasteiger partial charge on any atom is -0.292 e. The highest BCUT2D eigenvalue weighted by Gasteiger charge is 2.26. The Kier molecular flexibility index (Phi) is 4.72. The molecule has 114 valence electrons. The lowest BCUT2D eigenvalue weighted by atomic mass is 10.2. The van der Waals surface area contributed by atoms with Crippen LogP contribution in [0.25, 0.3) is 0 Å². The molecule has 2 rings (SSSR count). The molecule has 22 heavy (non-hydrogen) atoms. The highest BCUT2D eigenvalue weighted by atomic mass is 32.2. The number of hydrogen-bond donors (Lipinski definition) is 1. The molecule has 0 spiro atoms. The molecule has 6 heteroatoms. The van der Waals surface area contributed by atoms with E-state index in [1.54, 1.807) is 36.4 Å². The molecule has 0 heterocycles. The summed E-state index contributed by atoms with van der Waals surface area (Å²) in [6.45, 7) is 3.03. The monoisotopic (exact) mass is 316 g/mol. The molecular formula is C16H16N2O3S. The van der Waals surface area contributed by atoms with Gasteiger partial charge >= 0.3 is 0 Å². The second-order valence-electron chi connectivity index (χ2n) is 4.77. The molecule has 0 bridgehead atoms. The number of aryl methyl sites for hydroxylation is 1. The van der Waals surface area contributed by atoms with Crippen LogP contribution in [-0.2, 0) is 14.6 Å². The third kappa shape index (κ3) is 3.59. The van der Waals surface area contributed by atoms with E-state index >= 15 is 0 Å². The van der Waals surface area contributed by atoms with Crippen LogP contribution in [0.3, 0.4) is 0 Å². The average molecular weight is 316 g/mol. The smallest absolute Gasteiger partial charge is 0.229 e. The molecule has 1 N–H and O–H groups in total. The predicted octanol–water partition coefficient (Wildman–Crippen LogP) is 2.78. The van der Waals surface area contributed by atoms with Gasteiger partial charge in [0.15, 0.2) is 5.78 Å². The lowest BCUT2D eigenvalue weighted by molar-refractivity contribution is -0.110. The van der Waals surface area contributed by atoms with Crippen molar-refractivity contribution >= 4 is 26.4 Å². The van der Waals surface area contributed by atoms with E-state index in [0.717, 1.165) is 5.56 Å². The van der Waals surface area contributed by atoms with Gasteiger partial charge in [0, 0.05) is 6.92 Å². The second-order valence-corrected chi connectivity index (χ2v) is 6.63. The first-order valence-electron chi connectivity index (χ1n) is 6.62. The fourth-order valence-corrected chi connectivity index (χ4v) is 3.05. The summed E-state index contributed by atoms with van der Waals surface area (Å²) in [5, 5.41) is 3.28. The van der Waals surface area contributed by atoms with Crippen LogP contribution in [0.2, 0.25) is 0 Å². The number of nitrogens with one attached hydrogen (secondary N) is 1. The molecule has 0 saturated carbocycles. The molecule has 0 unspecified atom stereocenters. The van der Waals surface area contributed by atoms with E-state index in [-0.39, 0.29) is 4.90 Å². The number of hydrazone groups is 1. The summed E-state index contributed by atoms with van der Waals surface area (Å²) in [4.78, 5) is 11.7. The lowest BCUT2D eigenvalue weighted by Gasteiger charge is -2.07. The largest absolute Gasteiger partial charge is 0.292 e. The fourth-order valence-electron chi connectivity index (χ4n) is 1.79. The average Bonchev–Trinajstić information content (AvgIpc) is 2.48. The van der Waals surface area contributed by atoms with Crippen molar-refractivity contribution in [1.29, 1.82) is 0 Å². The van der Waals surface area contributed by atoms with Crippen LogP contribution in [0.1, 0.15) is 12.5 Å². The Morgan fingerprint density at radius 2 is 1.59 bits per heavy atom. The summed E-state index contributed by atoms with van der Waals surface area (Å²) < 4.78 is 25.0. The highest BCUT2D eigenvalue weighted by Crippen LogP contribution is 2.15. The maximum Gasteiger partial charge on any atom is 0.229 e. The number of Topliss-reactive ketones (excluding diaryl/α,β-unsaturated/α-hetero) is 1. The predicted molar refractivity (Wildman–Crippen MR) is 86.5 cm³/mol. The molecule has 0 aromatic heterocycles. The van der Waals surface area contributed by atoms with Crippen molar-refractivity contribution in [1.82, 2.24) is 0 Å². The standard InChI is InChI=1S/C16H16N2O3S/c1-12-8-10-15(11-9-12)22(20,21)16(13(2)19)18-17-14-6-4-3-5-7-14/h3-11,17H,1-2H3/b18-16-. The number of anilines is 1. The van der Waals surface area contributed by atoms with Gasteiger partial charge in [-0.2, -0.15) is 5.10 Å². The first-order chi connectivity index (χ1) is 10.4. The Bertz CT molecular complexity index is 795. The topological polar surface area (TPSA) is 75.6 Å². The molecule has 0 aliphatic heterocycles. The minimum atomic E-state index is -3.95. The van der Waals surface area contributed by atoms with E-state index in [1.165, 1.54) is 19.1 Å². The van der Waals surface area contributed by atoms with Gasteiger partial charge in [0.1, 0.15) is 0 Å². The molecule has 0 saturated heterocycles. The maximum atomic E-state index is 12.5. The van der Waals surface area contributed by atoms with Gasteiger partial charge in [0.05, 0.1) is 10.6 Å². The van der Waals surface area contributed by atoms with Gasteiger partial charge in [-0.05, 0) is 31.2 Å². The first-order valence-corrected chi connectivity index (χ1v) is 8.11. The summed E-state index contributed by atoms with van der Waals surface area (Å²) >= 11 is 0. The third-order valence-corrected chi connectivity index (χ3v) is 4.73.